The van der Waals surface area contributed by atoms with Crippen LogP contribution in [0.3, 0.4) is 0 Å². The van der Waals surface area contributed by atoms with E-state index in [-0.39, 0.29) is 5.54 Å². The first-order valence-corrected chi connectivity index (χ1v) is 8.19. The average molecular weight is 291 g/mol. The smallest absolute Gasteiger partial charge is 0.0646 e. The number of hydrogen-bond acceptors (Lipinski definition) is 3. The first-order valence-electron chi connectivity index (χ1n) is 6.50. The molecule has 0 aliphatic heterocycles. The van der Waals surface area contributed by atoms with Crippen LogP contribution in [-0.2, 0) is 6.54 Å². The molecule has 1 aromatic carbocycles. The van der Waals surface area contributed by atoms with Gasteiger partial charge in [-0.1, -0.05) is 23.9 Å². The van der Waals surface area contributed by atoms with E-state index < -0.39 is 0 Å². The molecule has 0 aliphatic carbocycles. The van der Waals surface area contributed by atoms with Crippen molar-refractivity contribution in [3.8, 4) is 0 Å². The van der Waals surface area contributed by atoms with E-state index in [2.05, 4.69) is 68.7 Å². The van der Waals surface area contributed by atoms with Crippen LogP contribution in [0, 0.1) is 6.92 Å². The summed E-state index contributed by atoms with van der Waals surface area (Å²) in [6.45, 7) is 9.72. The minimum absolute atomic E-state index is 0.164. The summed E-state index contributed by atoms with van der Waals surface area (Å²) in [5.41, 5.74) is 2.90. The van der Waals surface area contributed by atoms with Crippen molar-refractivity contribution in [3.05, 3.63) is 46.8 Å². The lowest BCUT2D eigenvalue weighted by Gasteiger charge is -2.21. The lowest BCUT2D eigenvalue weighted by atomic mass is 10.1. The molecule has 0 aliphatic rings. The molecule has 1 N–H and O–H groups in total. The normalized spacial score (nSPS) is 11.8. The molecule has 19 heavy (non-hydrogen) atoms. The maximum atomic E-state index is 3.54. The number of hydrogen-bond donors (Lipinski definition) is 1. The Morgan fingerprint density at radius 3 is 2.58 bits per heavy atom. The Morgan fingerprint density at radius 2 is 2.00 bits per heavy atom. The monoisotopic (exact) mass is 291 g/mol. The zero-order valence-electron chi connectivity index (χ0n) is 12.0. The van der Waals surface area contributed by atoms with Crippen molar-refractivity contribution in [1.82, 2.24) is 5.32 Å². The van der Waals surface area contributed by atoms with Crippen LogP contribution in [0.15, 0.2) is 44.8 Å². The van der Waals surface area contributed by atoms with Gasteiger partial charge in [-0.15, -0.1) is 11.3 Å². The Bertz CT molecular complexity index is 524. The SMILES string of the molecule is Cc1cc(Sc2cccs2)ccc1CNC(C)(C)C. The second kappa shape index (κ2) is 6.12. The highest BCUT2D eigenvalue weighted by atomic mass is 32.2. The zero-order valence-corrected chi connectivity index (χ0v) is 13.6. The van der Waals surface area contributed by atoms with Gasteiger partial charge in [-0.2, -0.15) is 0 Å². The van der Waals surface area contributed by atoms with Gasteiger partial charge in [0.25, 0.3) is 0 Å². The Kier molecular flexibility index (Phi) is 4.71. The second-order valence-electron chi connectivity index (χ2n) is 5.73. The number of aryl methyl sites for hydroxylation is 1. The average Bonchev–Trinajstić information content (AvgIpc) is 2.79. The number of thiophene rings is 1. The van der Waals surface area contributed by atoms with Gasteiger partial charge in [0.05, 0.1) is 4.21 Å². The first-order chi connectivity index (χ1) is 8.94. The van der Waals surface area contributed by atoms with E-state index in [0.29, 0.717) is 0 Å². The summed E-state index contributed by atoms with van der Waals surface area (Å²) in [5.74, 6) is 0. The third-order valence-electron chi connectivity index (χ3n) is 2.84. The Morgan fingerprint density at radius 1 is 1.21 bits per heavy atom. The Balaban J connectivity index is 2.04. The van der Waals surface area contributed by atoms with Crippen LogP contribution in [0.2, 0.25) is 0 Å². The topological polar surface area (TPSA) is 12.0 Å². The molecular formula is C16H21NS2. The van der Waals surface area contributed by atoms with Crippen LogP contribution in [0.5, 0.6) is 0 Å². The van der Waals surface area contributed by atoms with E-state index in [1.54, 1.807) is 11.3 Å². The van der Waals surface area contributed by atoms with Crippen molar-refractivity contribution in [3.63, 3.8) is 0 Å². The maximum Gasteiger partial charge on any atom is 0.0646 e. The van der Waals surface area contributed by atoms with Crippen molar-refractivity contribution >= 4 is 23.1 Å². The van der Waals surface area contributed by atoms with E-state index in [4.69, 9.17) is 0 Å². The number of benzene rings is 1. The van der Waals surface area contributed by atoms with Crippen molar-refractivity contribution in [2.45, 2.75) is 48.9 Å². The molecule has 3 heteroatoms. The van der Waals surface area contributed by atoms with Crippen LogP contribution in [0.1, 0.15) is 31.9 Å². The quantitative estimate of drug-likeness (QED) is 0.841. The third kappa shape index (κ3) is 4.68. The van der Waals surface area contributed by atoms with Crippen LogP contribution >= 0.6 is 23.1 Å². The standard InChI is InChI=1S/C16H21NS2/c1-12-10-14(19-15-6-5-9-18-15)8-7-13(12)11-17-16(2,3)4/h5-10,17H,11H2,1-4H3. The maximum absolute atomic E-state index is 3.54. The van der Waals surface area contributed by atoms with Gasteiger partial charge < -0.3 is 5.32 Å². The summed E-state index contributed by atoms with van der Waals surface area (Å²) in [6.07, 6.45) is 0. The van der Waals surface area contributed by atoms with Crippen molar-refractivity contribution < 1.29 is 0 Å². The van der Waals surface area contributed by atoms with Crippen LogP contribution < -0.4 is 5.32 Å². The minimum atomic E-state index is 0.164. The molecule has 1 aromatic heterocycles. The molecule has 2 rings (SSSR count). The van der Waals surface area contributed by atoms with Gasteiger partial charge in [0.15, 0.2) is 0 Å². The van der Waals surface area contributed by atoms with E-state index in [0.717, 1.165) is 6.54 Å². The van der Waals surface area contributed by atoms with Crippen molar-refractivity contribution in [1.29, 1.82) is 0 Å². The molecule has 0 spiro atoms. The predicted octanol–water partition coefficient (Wildman–Crippen LogP) is 5.10. The predicted molar refractivity (Wildman–Crippen MR) is 86.2 cm³/mol. The molecule has 2 aromatic rings. The summed E-state index contributed by atoms with van der Waals surface area (Å²) in [5, 5.41) is 5.66. The Hall–Kier alpha value is -0.770. The molecule has 0 saturated heterocycles. The van der Waals surface area contributed by atoms with Gasteiger partial charge in [0.2, 0.25) is 0 Å². The molecule has 0 atom stereocenters. The summed E-state index contributed by atoms with van der Waals surface area (Å²) >= 11 is 3.63. The molecular weight excluding hydrogens is 270 g/mol. The highest BCUT2D eigenvalue weighted by Gasteiger charge is 2.09. The van der Waals surface area contributed by atoms with Gasteiger partial charge >= 0.3 is 0 Å². The lowest BCUT2D eigenvalue weighted by Crippen LogP contribution is -2.35. The van der Waals surface area contributed by atoms with Gasteiger partial charge in [-0.3, -0.25) is 0 Å². The number of rotatable bonds is 4. The fourth-order valence-electron chi connectivity index (χ4n) is 1.73. The largest absolute Gasteiger partial charge is 0.308 e. The molecule has 0 amide bonds. The van der Waals surface area contributed by atoms with Gasteiger partial charge in [0, 0.05) is 17.0 Å². The van der Waals surface area contributed by atoms with E-state index in [1.165, 1.54) is 20.2 Å². The molecule has 0 bridgehead atoms. The lowest BCUT2D eigenvalue weighted by molar-refractivity contribution is 0.424. The summed E-state index contributed by atoms with van der Waals surface area (Å²) < 4.78 is 1.35. The summed E-state index contributed by atoms with van der Waals surface area (Å²) in [7, 11) is 0. The van der Waals surface area contributed by atoms with Gasteiger partial charge in [0.1, 0.15) is 0 Å². The minimum Gasteiger partial charge on any atom is -0.308 e. The molecule has 0 saturated carbocycles. The van der Waals surface area contributed by atoms with E-state index >= 15 is 0 Å². The fraction of sp³-hybridized carbons (Fsp3) is 0.375. The fourth-order valence-corrected chi connectivity index (χ4v) is 3.58. The van der Waals surface area contributed by atoms with Crippen molar-refractivity contribution in [2.24, 2.45) is 0 Å². The summed E-state index contributed by atoms with van der Waals surface area (Å²) in [6, 6.07) is 11.0. The highest BCUT2D eigenvalue weighted by Crippen LogP contribution is 2.32. The van der Waals surface area contributed by atoms with E-state index in [9.17, 15) is 0 Å². The molecule has 1 heterocycles. The molecule has 0 unspecified atom stereocenters. The van der Waals surface area contributed by atoms with Gasteiger partial charge in [-0.25, -0.2) is 0 Å². The highest BCUT2D eigenvalue weighted by molar-refractivity contribution is 8.01. The van der Waals surface area contributed by atoms with Crippen molar-refractivity contribution in [2.75, 3.05) is 0 Å². The first kappa shape index (κ1) is 14.6. The zero-order chi connectivity index (χ0) is 13.9. The molecule has 102 valence electrons. The third-order valence-corrected chi connectivity index (χ3v) is 4.86. The van der Waals surface area contributed by atoms with Crippen LogP contribution in [-0.4, -0.2) is 5.54 Å². The second-order valence-corrected chi connectivity index (χ2v) is 8.05. The van der Waals surface area contributed by atoms with Crippen LogP contribution in [0.4, 0.5) is 0 Å². The Labute approximate surface area is 124 Å². The van der Waals surface area contributed by atoms with Gasteiger partial charge in [-0.05, 0) is 62.4 Å². The molecule has 1 nitrogen and oxygen atoms in total. The number of nitrogens with one attached hydrogen (secondary N) is 1. The molecule has 0 radical (unpaired) electrons. The molecule has 0 fully saturated rings. The van der Waals surface area contributed by atoms with Crippen LogP contribution in [0.25, 0.3) is 0 Å². The summed E-state index contributed by atoms with van der Waals surface area (Å²) in [4.78, 5) is 1.32. The van der Waals surface area contributed by atoms with E-state index in [1.807, 2.05) is 11.8 Å².